The molecule has 2 bridgehead atoms. The van der Waals surface area contributed by atoms with E-state index in [9.17, 15) is 5.11 Å². The number of piperazine rings is 1. The lowest BCUT2D eigenvalue weighted by molar-refractivity contribution is 0.106. The number of benzene rings is 2. The van der Waals surface area contributed by atoms with E-state index in [-0.39, 0.29) is 11.3 Å². The van der Waals surface area contributed by atoms with E-state index in [1.165, 1.54) is 38.5 Å². The summed E-state index contributed by atoms with van der Waals surface area (Å²) < 4.78 is 8.36. The summed E-state index contributed by atoms with van der Waals surface area (Å²) in [5.74, 6) is 3.94. The van der Waals surface area contributed by atoms with Crippen molar-refractivity contribution in [1.82, 2.24) is 24.8 Å². The fourth-order valence-corrected chi connectivity index (χ4v) is 7.80. The van der Waals surface area contributed by atoms with Crippen molar-refractivity contribution in [2.45, 2.75) is 56.1 Å². The molecule has 8 heteroatoms. The van der Waals surface area contributed by atoms with Crippen molar-refractivity contribution >= 4 is 22.1 Å². The van der Waals surface area contributed by atoms with Crippen LogP contribution >= 0.6 is 0 Å². The number of rotatable bonds is 5. The molecule has 2 unspecified atom stereocenters. The highest BCUT2D eigenvalue weighted by atomic mass is 16.5. The lowest BCUT2D eigenvalue weighted by atomic mass is 9.95. The van der Waals surface area contributed by atoms with Crippen LogP contribution in [0, 0.1) is 12.3 Å². The number of ether oxygens (including phenoxy) is 1. The Morgan fingerprint density at radius 3 is 2.67 bits per heavy atom. The summed E-state index contributed by atoms with van der Waals surface area (Å²) >= 11 is 0. The van der Waals surface area contributed by atoms with E-state index >= 15 is 0 Å². The highest BCUT2D eigenvalue weighted by Gasteiger charge is 2.45. The van der Waals surface area contributed by atoms with Crippen molar-refractivity contribution in [2.75, 3.05) is 37.7 Å². The van der Waals surface area contributed by atoms with Crippen molar-refractivity contribution in [1.29, 1.82) is 0 Å². The number of nitrogens with zero attached hydrogens (tertiary/aromatic N) is 5. The van der Waals surface area contributed by atoms with Crippen LogP contribution in [0.3, 0.4) is 0 Å². The van der Waals surface area contributed by atoms with E-state index in [0.29, 0.717) is 24.7 Å². The van der Waals surface area contributed by atoms with Gasteiger partial charge in [-0.05, 0) is 86.8 Å². The van der Waals surface area contributed by atoms with Gasteiger partial charge >= 0.3 is 6.01 Å². The molecule has 0 amide bonds. The maximum absolute atomic E-state index is 10.6. The second-order valence-corrected chi connectivity index (χ2v) is 12.1. The van der Waals surface area contributed by atoms with Crippen LogP contribution in [0.2, 0.25) is 0 Å². The van der Waals surface area contributed by atoms with Crippen LogP contribution in [-0.4, -0.2) is 75.0 Å². The number of hydrogen-bond acceptors (Lipinski definition) is 7. The molecule has 0 aliphatic carbocycles. The number of fused-ring (bicyclic) bond motifs is 5. The number of terminal acetylenes is 1. The smallest absolute Gasteiger partial charge is 0.336 e. The second-order valence-electron chi connectivity index (χ2n) is 12.1. The van der Waals surface area contributed by atoms with Crippen LogP contribution < -0.4 is 15.0 Å². The number of anilines is 1. The largest absolute Gasteiger partial charge is 0.508 e. The number of phenolic OH excluding ortho intramolecular Hbond substituents is 1. The molecule has 6 heterocycles. The molecule has 0 radical (unpaired) electrons. The zero-order chi connectivity index (χ0) is 26.8. The quantitative estimate of drug-likeness (QED) is 0.372. The Balaban J connectivity index is 1.24. The van der Waals surface area contributed by atoms with Crippen molar-refractivity contribution in [2.24, 2.45) is 0 Å². The summed E-state index contributed by atoms with van der Waals surface area (Å²) in [6, 6.07) is 12.9. The van der Waals surface area contributed by atoms with Gasteiger partial charge in [0.25, 0.3) is 0 Å². The summed E-state index contributed by atoms with van der Waals surface area (Å²) in [5.41, 5.74) is 3.68. The number of hydrogen-bond donors (Lipinski definition) is 2. The summed E-state index contributed by atoms with van der Waals surface area (Å²) in [7, 11) is 0. The Bertz CT molecular complexity index is 1650. The maximum Gasteiger partial charge on any atom is 0.336 e. The molecule has 4 fully saturated rings. The molecule has 4 aliphatic rings. The van der Waals surface area contributed by atoms with Crippen LogP contribution in [0.15, 0.2) is 42.6 Å². The summed E-state index contributed by atoms with van der Waals surface area (Å²) in [5, 5.41) is 21.1. The molecule has 4 aliphatic heterocycles. The molecule has 8 rings (SSSR count). The van der Waals surface area contributed by atoms with Gasteiger partial charge in [0.05, 0.1) is 5.54 Å². The average Bonchev–Trinajstić information content (AvgIpc) is 3.73. The van der Waals surface area contributed by atoms with Crippen LogP contribution in [0.5, 0.6) is 11.8 Å². The van der Waals surface area contributed by atoms with Crippen molar-refractivity contribution in [3.05, 3.63) is 48.2 Å². The van der Waals surface area contributed by atoms with Gasteiger partial charge in [-0.25, -0.2) is 4.52 Å². The standard InChI is InChI=1S/C32H34N6O2/c1-2-21-6-3-7-22-14-26(39)16-27(29(21)22)23-15-28-30(36-18-24-8-9-25(19-36)33-24)34-31(35-38(28)17-23)40-20-32-10-4-12-37(32)13-5-11-32/h1,3,6-7,14-17,24-25,33,39H,4-5,8-13,18-20H2. The second kappa shape index (κ2) is 9.12. The average molecular weight is 535 g/mol. The van der Waals surface area contributed by atoms with E-state index in [1.54, 1.807) is 12.1 Å². The van der Waals surface area contributed by atoms with Crippen molar-refractivity contribution in [3.63, 3.8) is 0 Å². The molecule has 2 aromatic carbocycles. The molecule has 0 saturated carbocycles. The van der Waals surface area contributed by atoms with Gasteiger partial charge in [-0.2, -0.15) is 4.98 Å². The topological polar surface area (TPSA) is 78.2 Å². The first-order valence-electron chi connectivity index (χ1n) is 14.6. The minimum absolute atomic E-state index is 0.126. The third-order valence-electron chi connectivity index (χ3n) is 9.65. The van der Waals surface area contributed by atoms with Gasteiger partial charge in [0.15, 0.2) is 5.82 Å². The SMILES string of the molecule is C#Cc1cccc2cc(O)cc(-c3cc4c(N5CC6CCC(C5)N6)nc(OCC56CCCN5CCC6)nn4c3)c12. The molecule has 2 aromatic heterocycles. The third-order valence-corrected chi connectivity index (χ3v) is 9.65. The Labute approximate surface area is 233 Å². The maximum atomic E-state index is 10.6. The molecule has 4 aromatic rings. The molecule has 40 heavy (non-hydrogen) atoms. The molecule has 2 N–H and O–H groups in total. The predicted octanol–water partition coefficient (Wildman–Crippen LogP) is 4.18. The molecular formula is C32H34N6O2. The molecular weight excluding hydrogens is 500 g/mol. The van der Waals surface area contributed by atoms with E-state index in [0.717, 1.165) is 65.0 Å². The summed E-state index contributed by atoms with van der Waals surface area (Å²) in [4.78, 5) is 10.1. The molecule has 4 saturated heterocycles. The zero-order valence-corrected chi connectivity index (χ0v) is 22.6. The summed E-state index contributed by atoms with van der Waals surface area (Å²) in [6.07, 6.45) is 15.1. The van der Waals surface area contributed by atoms with Gasteiger partial charge in [-0.15, -0.1) is 11.5 Å². The fraction of sp³-hybridized carbons (Fsp3) is 0.438. The zero-order valence-electron chi connectivity index (χ0n) is 22.6. The third kappa shape index (κ3) is 3.83. The lowest BCUT2D eigenvalue weighted by Crippen LogP contribution is -2.51. The first kappa shape index (κ1) is 24.0. The molecule has 0 spiro atoms. The molecule has 204 valence electrons. The van der Waals surface area contributed by atoms with Crippen LogP contribution in [0.4, 0.5) is 5.82 Å². The summed E-state index contributed by atoms with van der Waals surface area (Å²) in [6.45, 7) is 4.78. The highest BCUT2D eigenvalue weighted by Crippen LogP contribution is 2.40. The number of aromatic nitrogens is 3. The number of nitrogens with one attached hydrogen (secondary N) is 1. The van der Waals surface area contributed by atoms with Crippen LogP contribution in [0.1, 0.15) is 44.1 Å². The molecule has 2 atom stereocenters. The molecule has 8 nitrogen and oxygen atoms in total. The monoisotopic (exact) mass is 534 g/mol. The predicted molar refractivity (Wildman–Crippen MR) is 156 cm³/mol. The van der Waals surface area contributed by atoms with Gasteiger partial charge in [-0.3, -0.25) is 4.90 Å². The highest BCUT2D eigenvalue weighted by molar-refractivity contribution is 6.02. The van der Waals surface area contributed by atoms with E-state index in [1.807, 2.05) is 28.9 Å². The van der Waals surface area contributed by atoms with Gasteiger partial charge in [0, 0.05) is 47.9 Å². The Morgan fingerprint density at radius 1 is 1.10 bits per heavy atom. The first-order chi connectivity index (χ1) is 19.6. The number of phenols is 1. The first-order valence-corrected chi connectivity index (χ1v) is 14.6. The van der Waals surface area contributed by atoms with Gasteiger partial charge in [0.1, 0.15) is 17.9 Å². The lowest BCUT2D eigenvalue weighted by Gasteiger charge is -2.34. The van der Waals surface area contributed by atoms with Crippen molar-refractivity contribution in [3.8, 4) is 35.2 Å². The van der Waals surface area contributed by atoms with Crippen LogP contribution in [-0.2, 0) is 0 Å². The number of aromatic hydroxyl groups is 1. The minimum Gasteiger partial charge on any atom is -0.508 e. The fourth-order valence-electron chi connectivity index (χ4n) is 7.80. The van der Waals surface area contributed by atoms with E-state index in [4.69, 9.17) is 21.2 Å². The van der Waals surface area contributed by atoms with Crippen LogP contribution in [0.25, 0.3) is 27.4 Å². The minimum atomic E-state index is 0.126. The van der Waals surface area contributed by atoms with E-state index in [2.05, 4.69) is 27.1 Å². The Kier molecular flexibility index (Phi) is 5.48. The Hall–Kier alpha value is -3.80. The van der Waals surface area contributed by atoms with E-state index < -0.39 is 0 Å². The van der Waals surface area contributed by atoms with Crippen molar-refractivity contribution < 1.29 is 9.84 Å². The normalized spacial score (nSPS) is 23.6. The Morgan fingerprint density at radius 2 is 1.90 bits per heavy atom. The van der Waals surface area contributed by atoms with Gasteiger partial charge in [0.2, 0.25) is 0 Å². The van der Waals surface area contributed by atoms with Gasteiger partial charge in [-0.1, -0.05) is 18.1 Å². The van der Waals surface area contributed by atoms with Gasteiger partial charge < -0.3 is 20.1 Å².